The van der Waals surface area contributed by atoms with E-state index in [1.165, 1.54) is 29.5 Å². The summed E-state index contributed by atoms with van der Waals surface area (Å²) in [4.78, 5) is 97.8. The summed E-state index contributed by atoms with van der Waals surface area (Å²) in [5, 5.41) is 86.3. The molecule has 96 heavy (non-hydrogen) atoms. The topological polar surface area (TPSA) is 415 Å². The zero-order valence-electron chi connectivity index (χ0n) is 52.4. The van der Waals surface area contributed by atoms with Gasteiger partial charge in [-0.15, -0.1) is 0 Å². The summed E-state index contributed by atoms with van der Waals surface area (Å²) in [7, 11) is 0. The van der Waals surface area contributed by atoms with Crippen molar-refractivity contribution < 1.29 is 92.6 Å². The number of amides is 4. The Bertz CT molecular complexity index is 3920. The average molecular weight is 1340 g/mol. The lowest BCUT2D eigenvalue weighted by atomic mass is 9.48. The van der Waals surface area contributed by atoms with Gasteiger partial charge in [-0.1, -0.05) is 23.5 Å². The molecule has 1 saturated heterocycles. The standard InChI is InChI=1S/C66H74N10O19S/c1-36-45(43-10-11-50(73-54(43)60(85)86)75-19-15-42-39(30-67)7-9-44(46(42)32-75)59(84)74-63-72-47-4-2-3-5-49(47)96-63)31-71-76(36)35-65-26-37-24-38(27-65)29-66(28-37,34-65)93-21-18-70-64(89)92-33-40-6-8-41(94-62-57(83)55(81)56(82)58(95-62)61(87)88)25-48(40)91-23-22-90-20-17-69-52(78)14-16-68-51(77)12-13-53(79)80/h2-11,25,31,37-38,55-58,62,81-83H,12-24,26-29,32-35H2,1H3,(H,68,77)(H,69,78)(H,70,89)(H,79,80)(H,85,86)(H,87,88)(H,72,74,84)/t37?,38?,55-,56-,57+,58-,62+,65?,66?/m0/s1. The van der Waals surface area contributed by atoms with Crippen LogP contribution in [0.15, 0.2) is 72.9 Å². The molecule has 2 aliphatic heterocycles. The van der Waals surface area contributed by atoms with E-state index in [1.54, 1.807) is 30.5 Å². The summed E-state index contributed by atoms with van der Waals surface area (Å²) in [5.74, 6) is -3.79. The van der Waals surface area contributed by atoms with Crippen LogP contribution in [0.2, 0.25) is 0 Å². The number of aliphatic carboxylic acids is 2. The van der Waals surface area contributed by atoms with Crippen molar-refractivity contribution in [3.63, 3.8) is 0 Å². The summed E-state index contributed by atoms with van der Waals surface area (Å²) in [6.07, 6.45) is -2.99. The molecule has 4 amide bonds. The highest BCUT2D eigenvalue weighted by atomic mass is 32.1. The molecule has 12 rings (SSSR count). The predicted octanol–water partition coefficient (Wildman–Crippen LogP) is 4.68. The maximum absolute atomic E-state index is 13.9. The first kappa shape index (κ1) is 68.0. The van der Waals surface area contributed by atoms with Crippen LogP contribution in [0.3, 0.4) is 0 Å². The van der Waals surface area contributed by atoms with E-state index >= 15 is 0 Å². The number of thiazole rings is 1. The number of benzene rings is 3. The summed E-state index contributed by atoms with van der Waals surface area (Å²) in [6, 6.07) is 21.0. The molecule has 6 aliphatic rings. The Morgan fingerprint density at radius 1 is 0.802 bits per heavy atom. The molecule has 3 aromatic heterocycles. The van der Waals surface area contributed by atoms with E-state index in [0.29, 0.717) is 75.7 Å². The summed E-state index contributed by atoms with van der Waals surface area (Å²) >= 11 is 1.36. The number of ether oxygens (including phenoxy) is 6. The van der Waals surface area contributed by atoms with Gasteiger partial charge in [-0.3, -0.25) is 29.2 Å². The van der Waals surface area contributed by atoms with Gasteiger partial charge >= 0.3 is 24.0 Å². The van der Waals surface area contributed by atoms with Crippen LogP contribution < -0.4 is 35.6 Å². The molecule has 4 bridgehead atoms. The number of anilines is 2. The Morgan fingerprint density at radius 2 is 1.57 bits per heavy atom. The van der Waals surface area contributed by atoms with Crippen molar-refractivity contribution in [1.82, 2.24) is 35.7 Å². The quantitative estimate of drug-likeness (QED) is 0.0285. The van der Waals surface area contributed by atoms with Crippen LogP contribution in [0.1, 0.15) is 107 Å². The second-order valence-electron chi connectivity index (χ2n) is 24.9. The second kappa shape index (κ2) is 29.7. The highest BCUT2D eigenvalue weighted by Crippen LogP contribution is 2.63. The number of fused-ring (bicyclic) bond motifs is 2. The van der Waals surface area contributed by atoms with Crippen LogP contribution in [-0.4, -0.2) is 181 Å². The molecule has 5 heterocycles. The fourth-order valence-electron chi connectivity index (χ4n) is 14.2. The number of rotatable bonds is 29. The SMILES string of the molecule is Cc1c(-c2ccc(N3CCc4c(C#N)ccc(C(=O)Nc5nc6ccccc6s5)c4C3)nc2C(=O)O)cnn1CC12CC3CC(C1)CC(OCCNC(=O)OCc1ccc(O[C@@H]4O[C@H](C(=O)O)[C@@H](O)[C@H](O)[C@H]4O)cc1OCCOCCNC(=O)CCNC(=O)CCC(=O)O)(C3)C2. The number of carboxylic acids is 3. The predicted molar refractivity (Wildman–Crippen MR) is 340 cm³/mol. The number of carboxylic acid groups (broad SMARTS) is 3. The molecule has 7 atom stereocenters. The van der Waals surface area contributed by atoms with Crippen LogP contribution >= 0.6 is 11.3 Å². The van der Waals surface area contributed by atoms with Crippen molar-refractivity contribution in [2.24, 2.45) is 17.3 Å². The Morgan fingerprint density at radius 3 is 2.33 bits per heavy atom. The zero-order valence-corrected chi connectivity index (χ0v) is 53.2. The summed E-state index contributed by atoms with van der Waals surface area (Å²) in [6.45, 7) is 3.35. The molecular weight excluding hydrogens is 1270 g/mol. The Balaban J connectivity index is 0.683. The Kier molecular flexibility index (Phi) is 21.1. The monoisotopic (exact) mass is 1340 g/mol. The maximum Gasteiger partial charge on any atom is 0.407 e. The zero-order chi connectivity index (χ0) is 67.8. The third-order valence-electron chi connectivity index (χ3n) is 18.2. The molecule has 3 aromatic carbocycles. The van der Waals surface area contributed by atoms with E-state index in [9.17, 15) is 64.4 Å². The van der Waals surface area contributed by atoms with Crippen LogP contribution in [0.5, 0.6) is 11.5 Å². The van der Waals surface area contributed by atoms with Gasteiger partial charge in [-0.05, 0) is 129 Å². The van der Waals surface area contributed by atoms with E-state index in [2.05, 4.69) is 32.3 Å². The van der Waals surface area contributed by atoms with Gasteiger partial charge in [0.15, 0.2) is 16.9 Å². The molecule has 5 fully saturated rings. The van der Waals surface area contributed by atoms with Gasteiger partial charge in [0, 0.05) is 86.1 Å². The number of para-hydroxylation sites is 1. The van der Waals surface area contributed by atoms with Crippen molar-refractivity contribution >= 4 is 74.2 Å². The number of carbonyl (C=O) groups is 7. The molecule has 4 saturated carbocycles. The van der Waals surface area contributed by atoms with Crippen LogP contribution in [0.25, 0.3) is 21.3 Å². The lowest BCUT2D eigenvalue weighted by Gasteiger charge is -2.61. The van der Waals surface area contributed by atoms with Crippen LogP contribution in [0, 0.1) is 35.5 Å². The van der Waals surface area contributed by atoms with Gasteiger partial charge in [0.1, 0.15) is 48.8 Å². The molecule has 0 radical (unpaired) electrons. The number of nitriles is 1. The Labute approximate surface area is 553 Å². The van der Waals surface area contributed by atoms with Crippen molar-refractivity contribution in [3.05, 3.63) is 112 Å². The van der Waals surface area contributed by atoms with Gasteiger partial charge in [0.25, 0.3) is 5.91 Å². The number of hydrogen-bond donors (Lipinski definition) is 10. The molecule has 6 aromatic rings. The number of aliphatic hydroxyl groups is 3. The fourth-order valence-corrected chi connectivity index (χ4v) is 15.1. The minimum absolute atomic E-state index is 0.0127. The van der Waals surface area contributed by atoms with Gasteiger partial charge in [0.2, 0.25) is 18.1 Å². The van der Waals surface area contributed by atoms with E-state index < -0.39 is 66.2 Å². The highest BCUT2D eigenvalue weighted by molar-refractivity contribution is 7.22. The normalized spacial score (nSPS) is 23.1. The number of aromatic carboxylic acids is 1. The van der Waals surface area contributed by atoms with Crippen LogP contribution in [0.4, 0.5) is 15.7 Å². The number of pyridine rings is 1. The molecule has 10 N–H and O–H groups in total. The largest absolute Gasteiger partial charge is 0.491 e. The minimum Gasteiger partial charge on any atom is -0.491 e. The van der Waals surface area contributed by atoms with Crippen molar-refractivity contribution in [2.45, 2.75) is 127 Å². The van der Waals surface area contributed by atoms with E-state index in [1.807, 2.05) is 40.8 Å². The first-order chi connectivity index (χ1) is 46.2. The third-order valence-corrected chi connectivity index (χ3v) is 19.2. The van der Waals surface area contributed by atoms with Gasteiger partial charge < -0.3 is 79.9 Å². The molecular formula is C66H74N10O19S. The molecule has 0 spiro atoms. The molecule has 4 aliphatic carbocycles. The minimum atomic E-state index is -1.94. The van der Waals surface area contributed by atoms with Crippen molar-refractivity contribution in [2.75, 3.05) is 62.8 Å². The summed E-state index contributed by atoms with van der Waals surface area (Å²) < 4.78 is 37.9. The van der Waals surface area contributed by atoms with E-state index in [0.717, 1.165) is 60.0 Å². The molecule has 29 nitrogen and oxygen atoms in total. The average Bonchev–Trinajstić information content (AvgIpc) is 0.871. The first-order valence-corrected chi connectivity index (χ1v) is 32.4. The lowest BCUT2D eigenvalue weighted by molar-refractivity contribution is -0.271. The van der Waals surface area contributed by atoms with Gasteiger partial charge in [0.05, 0.1) is 59.9 Å². The number of alkyl carbamates (subject to hydrolysis) is 1. The molecule has 508 valence electrons. The number of nitrogens with zero attached hydrogens (tertiary/aromatic N) is 6. The number of aromatic nitrogens is 4. The Hall–Kier alpha value is -9.35. The lowest BCUT2D eigenvalue weighted by Crippen LogP contribution is -2.61. The summed E-state index contributed by atoms with van der Waals surface area (Å²) in [5.41, 5.74) is 4.49. The number of nitrogens with one attached hydrogen (secondary N) is 4. The fraction of sp³-hybridized carbons (Fsp3) is 0.470. The van der Waals surface area contributed by atoms with Gasteiger partial charge in [-0.25, -0.2) is 24.4 Å². The van der Waals surface area contributed by atoms with E-state index in [4.69, 9.17) is 43.6 Å². The molecule has 30 heteroatoms. The van der Waals surface area contributed by atoms with Crippen molar-refractivity contribution in [3.8, 4) is 28.7 Å². The van der Waals surface area contributed by atoms with E-state index in [-0.39, 0.29) is 113 Å². The number of hydrogen-bond acceptors (Lipinski definition) is 22. The smallest absolute Gasteiger partial charge is 0.407 e. The number of aliphatic hydroxyl groups excluding tert-OH is 3. The highest BCUT2D eigenvalue weighted by Gasteiger charge is 2.59. The number of carbonyl (C=O) groups excluding carboxylic acids is 4. The maximum atomic E-state index is 13.9. The van der Waals surface area contributed by atoms with Crippen LogP contribution in [-0.2, 0) is 64.2 Å². The second-order valence-corrected chi connectivity index (χ2v) is 26.0. The third kappa shape index (κ3) is 15.8. The van der Waals surface area contributed by atoms with Gasteiger partial charge in [-0.2, -0.15) is 10.4 Å². The molecule has 2 unspecified atom stereocenters. The first-order valence-electron chi connectivity index (χ1n) is 31.6. The van der Waals surface area contributed by atoms with Crippen molar-refractivity contribution in [1.29, 1.82) is 5.26 Å².